The van der Waals surface area contributed by atoms with E-state index in [-0.39, 0.29) is 11.4 Å². The first kappa shape index (κ1) is 24.7. The summed E-state index contributed by atoms with van der Waals surface area (Å²) in [6.07, 6.45) is 1.31. The molecular weight excluding hydrogens is 486 g/mol. The predicted molar refractivity (Wildman–Crippen MR) is 137 cm³/mol. The fourth-order valence-corrected chi connectivity index (χ4v) is 4.87. The lowest BCUT2D eigenvalue weighted by atomic mass is 10.1. The summed E-state index contributed by atoms with van der Waals surface area (Å²) in [4.78, 5) is 16.8. The molecule has 35 heavy (non-hydrogen) atoms. The molecule has 2 amide bonds. The number of sulfonamides is 1. The highest BCUT2D eigenvalue weighted by Gasteiger charge is 2.17. The minimum absolute atomic E-state index is 0.000186. The molecule has 8 nitrogen and oxygen atoms in total. The largest absolute Gasteiger partial charge is 0.337 e. The van der Waals surface area contributed by atoms with Gasteiger partial charge in [0.1, 0.15) is 5.82 Å². The number of amides is 2. The van der Waals surface area contributed by atoms with E-state index in [9.17, 15) is 13.2 Å². The van der Waals surface area contributed by atoms with Crippen molar-refractivity contribution >= 4 is 38.7 Å². The molecular formula is C25H26ClN5O3S. The van der Waals surface area contributed by atoms with Gasteiger partial charge in [-0.05, 0) is 60.0 Å². The zero-order valence-electron chi connectivity index (χ0n) is 19.2. The van der Waals surface area contributed by atoms with Gasteiger partial charge in [-0.2, -0.15) is 0 Å². The van der Waals surface area contributed by atoms with Crippen LogP contribution < -0.4 is 15.8 Å². The predicted octanol–water partition coefficient (Wildman–Crippen LogP) is 3.93. The van der Waals surface area contributed by atoms with Crippen molar-refractivity contribution in [2.75, 3.05) is 6.54 Å². The maximum atomic E-state index is 12.4. The number of rotatable bonds is 8. The summed E-state index contributed by atoms with van der Waals surface area (Å²) >= 11 is 6.20. The third kappa shape index (κ3) is 5.64. The number of hydrogen-bond acceptors (Lipinski definition) is 5. The van der Waals surface area contributed by atoms with E-state index in [0.717, 1.165) is 40.1 Å². The van der Waals surface area contributed by atoms with E-state index >= 15 is 0 Å². The number of fused-ring (bicyclic) bond motifs is 1. The van der Waals surface area contributed by atoms with Crippen molar-refractivity contribution in [3.63, 3.8) is 0 Å². The van der Waals surface area contributed by atoms with Crippen LogP contribution in [-0.2, 0) is 29.4 Å². The number of carbonyl (C=O) groups excluding carboxylic acids is 1. The number of benzene rings is 3. The Morgan fingerprint density at radius 1 is 1.03 bits per heavy atom. The summed E-state index contributed by atoms with van der Waals surface area (Å²) in [6, 6.07) is 18.9. The molecule has 0 saturated carbocycles. The summed E-state index contributed by atoms with van der Waals surface area (Å²) in [5.74, 6) is 0.937. The van der Waals surface area contributed by atoms with Crippen LogP contribution in [0.5, 0.6) is 0 Å². The van der Waals surface area contributed by atoms with Crippen LogP contribution in [0.1, 0.15) is 23.9 Å². The topological polar surface area (TPSA) is 119 Å². The van der Waals surface area contributed by atoms with Gasteiger partial charge in [0.25, 0.3) is 10.0 Å². The van der Waals surface area contributed by atoms with Gasteiger partial charge in [-0.15, -0.1) is 0 Å². The molecule has 0 unspecified atom stereocenters. The molecule has 0 aliphatic carbocycles. The SMILES string of the molecule is CCc1nc2ccc(Cl)cc2n1-c1ccc(CCNC(=O)NS(=O)(=O)c2ccc(CN)cc2)cc1. The summed E-state index contributed by atoms with van der Waals surface area (Å²) in [5.41, 5.74) is 10.1. The lowest BCUT2D eigenvalue weighted by Crippen LogP contribution is -2.40. The zero-order chi connectivity index (χ0) is 25.0. The number of halogens is 1. The maximum Gasteiger partial charge on any atom is 0.328 e. The minimum atomic E-state index is -3.96. The Labute approximate surface area is 209 Å². The van der Waals surface area contributed by atoms with E-state index in [1.54, 1.807) is 12.1 Å². The summed E-state index contributed by atoms with van der Waals surface area (Å²) in [7, 11) is -3.96. The molecule has 0 radical (unpaired) electrons. The molecule has 4 rings (SSSR count). The van der Waals surface area contributed by atoms with Crippen molar-refractivity contribution in [1.82, 2.24) is 19.6 Å². The maximum absolute atomic E-state index is 12.4. The number of nitrogens with two attached hydrogens (primary N) is 1. The Morgan fingerprint density at radius 2 is 1.71 bits per heavy atom. The van der Waals surface area contributed by atoms with Crippen molar-refractivity contribution in [2.45, 2.75) is 31.2 Å². The molecule has 0 fully saturated rings. The van der Waals surface area contributed by atoms with Gasteiger partial charge in [-0.25, -0.2) is 22.9 Å². The van der Waals surface area contributed by atoms with Crippen LogP contribution in [0, 0.1) is 0 Å². The first-order chi connectivity index (χ1) is 16.8. The first-order valence-electron chi connectivity index (χ1n) is 11.2. The molecule has 3 aromatic carbocycles. The number of nitrogens with zero attached hydrogens (tertiary/aromatic N) is 2. The highest BCUT2D eigenvalue weighted by Crippen LogP contribution is 2.25. The number of aryl methyl sites for hydroxylation is 1. The molecule has 182 valence electrons. The van der Waals surface area contributed by atoms with Gasteiger partial charge in [-0.1, -0.05) is 42.8 Å². The standard InChI is InChI=1S/C25H26ClN5O3S/c1-2-24-29-22-12-7-19(26)15-23(22)31(24)20-8-3-17(4-9-20)13-14-28-25(32)30-35(33,34)21-10-5-18(16-27)6-11-21/h3-12,15H,2,13-14,16,27H2,1H3,(H2,28,30,32). The normalized spacial score (nSPS) is 11.5. The van der Waals surface area contributed by atoms with E-state index in [2.05, 4.69) is 16.8 Å². The zero-order valence-corrected chi connectivity index (χ0v) is 20.7. The highest BCUT2D eigenvalue weighted by molar-refractivity contribution is 7.90. The van der Waals surface area contributed by atoms with E-state index in [4.69, 9.17) is 22.3 Å². The van der Waals surface area contributed by atoms with Crippen molar-refractivity contribution in [3.8, 4) is 5.69 Å². The quantitative estimate of drug-likeness (QED) is 0.331. The van der Waals surface area contributed by atoms with Gasteiger partial charge in [0.05, 0.1) is 15.9 Å². The second-order valence-electron chi connectivity index (χ2n) is 7.98. The molecule has 10 heteroatoms. The van der Waals surface area contributed by atoms with Crippen molar-refractivity contribution < 1.29 is 13.2 Å². The highest BCUT2D eigenvalue weighted by atomic mass is 35.5. The molecule has 4 N–H and O–H groups in total. The van der Waals surface area contributed by atoms with Crippen molar-refractivity contribution in [1.29, 1.82) is 0 Å². The Balaban J connectivity index is 1.37. The van der Waals surface area contributed by atoms with E-state index in [0.29, 0.717) is 18.0 Å². The van der Waals surface area contributed by atoms with Crippen LogP contribution in [0.2, 0.25) is 5.02 Å². The monoisotopic (exact) mass is 511 g/mol. The Bertz CT molecular complexity index is 1450. The smallest absolute Gasteiger partial charge is 0.328 e. The third-order valence-electron chi connectivity index (χ3n) is 5.59. The van der Waals surface area contributed by atoms with Crippen LogP contribution in [0.4, 0.5) is 4.79 Å². The van der Waals surface area contributed by atoms with Crippen molar-refractivity contribution in [3.05, 3.63) is 88.7 Å². The van der Waals surface area contributed by atoms with Gasteiger partial charge >= 0.3 is 6.03 Å². The average molecular weight is 512 g/mol. The van der Waals surface area contributed by atoms with Gasteiger partial charge in [0, 0.05) is 30.2 Å². The van der Waals surface area contributed by atoms with Crippen LogP contribution in [0.25, 0.3) is 16.7 Å². The second-order valence-corrected chi connectivity index (χ2v) is 10.1. The lowest BCUT2D eigenvalue weighted by molar-refractivity contribution is 0.246. The minimum Gasteiger partial charge on any atom is -0.337 e. The van der Waals surface area contributed by atoms with Gasteiger partial charge in [-0.3, -0.25) is 4.57 Å². The molecule has 0 bridgehead atoms. The number of urea groups is 1. The molecule has 1 heterocycles. The van der Waals surface area contributed by atoms with Gasteiger partial charge < -0.3 is 11.1 Å². The average Bonchev–Trinajstić information content (AvgIpc) is 3.22. The summed E-state index contributed by atoms with van der Waals surface area (Å²) in [5, 5.41) is 3.24. The van der Waals surface area contributed by atoms with E-state index < -0.39 is 16.1 Å². The summed E-state index contributed by atoms with van der Waals surface area (Å²) in [6.45, 7) is 2.64. The Hall–Kier alpha value is -3.40. The van der Waals surface area contributed by atoms with Crippen LogP contribution >= 0.6 is 11.6 Å². The second kappa shape index (κ2) is 10.5. The van der Waals surface area contributed by atoms with Crippen LogP contribution in [-0.4, -0.2) is 30.5 Å². The molecule has 1 aromatic heterocycles. The Morgan fingerprint density at radius 3 is 2.37 bits per heavy atom. The van der Waals surface area contributed by atoms with Gasteiger partial charge in [0.2, 0.25) is 0 Å². The molecule has 4 aromatic rings. The number of nitrogens with one attached hydrogen (secondary N) is 2. The summed E-state index contributed by atoms with van der Waals surface area (Å²) < 4.78 is 28.9. The van der Waals surface area contributed by atoms with E-state index in [1.807, 2.05) is 47.2 Å². The fourth-order valence-electron chi connectivity index (χ4n) is 3.78. The number of carbonyl (C=O) groups is 1. The molecule has 0 saturated heterocycles. The lowest BCUT2D eigenvalue weighted by Gasteiger charge is -2.11. The molecule has 0 spiro atoms. The first-order valence-corrected chi connectivity index (χ1v) is 13.0. The molecule has 0 aliphatic rings. The van der Waals surface area contributed by atoms with Crippen LogP contribution in [0.3, 0.4) is 0 Å². The fraction of sp³-hybridized carbons (Fsp3) is 0.200. The number of aromatic nitrogens is 2. The number of hydrogen-bond donors (Lipinski definition) is 3. The Kier molecular flexibility index (Phi) is 7.39. The third-order valence-corrected chi connectivity index (χ3v) is 7.17. The van der Waals surface area contributed by atoms with Crippen LogP contribution in [0.15, 0.2) is 71.6 Å². The molecule has 0 atom stereocenters. The van der Waals surface area contributed by atoms with E-state index in [1.165, 1.54) is 12.1 Å². The molecule has 0 aliphatic heterocycles. The number of imidazole rings is 1. The van der Waals surface area contributed by atoms with Crippen molar-refractivity contribution in [2.24, 2.45) is 5.73 Å². The van der Waals surface area contributed by atoms with Gasteiger partial charge in [0.15, 0.2) is 0 Å².